The third-order valence-corrected chi connectivity index (χ3v) is 7.02. The van der Waals surface area contributed by atoms with Gasteiger partial charge in [0.1, 0.15) is 6.04 Å². The minimum Gasteiger partial charge on any atom is -0.348 e. The van der Waals surface area contributed by atoms with E-state index in [1.54, 1.807) is 24.3 Å². The lowest BCUT2D eigenvalue weighted by atomic mass is 10.0. The number of nitrogens with one attached hydrogen (secondary N) is 2. The van der Waals surface area contributed by atoms with Crippen LogP contribution < -0.4 is 10.0 Å². The second kappa shape index (κ2) is 10.4. The van der Waals surface area contributed by atoms with Crippen molar-refractivity contribution in [2.75, 3.05) is 0 Å². The topological polar surface area (TPSA) is 75.3 Å². The van der Waals surface area contributed by atoms with Crippen LogP contribution in [0.2, 0.25) is 5.02 Å². The summed E-state index contributed by atoms with van der Waals surface area (Å²) >= 11 is 9.23. The first-order valence-electron chi connectivity index (χ1n) is 9.62. The molecule has 0 bridgehead atoms. The van der Waals surface area contributed by atoms with Crippen molar-refractivity contribution in [1.82, 2.24) is 10.0 Å². The number of amides is 1. The van der Waals surface area contributed by atoms with Gasteiger partial charge in [-0.2, -0.15) is 4.72 Å². The van der Waals surface area contributed by atoms with Crippen molar-refractivity contribution in [3.63, 3.8) is 0 Å². The highest BCUT2D eigenvalue weighted by atomic mass is 79.9. The molecule has 0 heterocycles. The van der Waals surface area contributed by atoms with Crippen LogP contribution in [0.1, 0.15) is 24.1 Å². The van der Waals surface area contributed by atoms with Gasteiger partial charge in [-0.25, -0.2) is 8.42 Å². The first-order chi connectivity index (χ1) is 14.7. The molecule has 0 radical (unpaired) electrons. The first kappa shape index (κ1) is 23.5. The third-order valence-electron chi connectivity index (χ3n) is 4.75. The summed E-state index contributed by atoms with van der Waals surface area (Å²) in [6, 6.07) is 21.4. The Balaban J connectivity index is 1.82. The van der Waals surface area contributed by atoms with E-state index >= 15 is 0 Å². The number of carbonyl (C=O) groups is 1. The molecule has 0 aliphatic heterocycles. The van der Waals surface area contributed by atoms with Crippen molar-refractivity contribution in [1.29, 1.82) is 0 Å². The highest BCUT2D eigenvalue weighted by molar-refractivity contribution is 9.10. The van der Waals surface area contributed by atoms with Crippen molar-refractivity contribution in [3.05, 3.63) is 99.5 Å². The molecule has 3 aromatic rings. The highest BCUT2D eigenvalue weighted by Crippen LogP contribution is 2.18. The maximum atomic E-state index is 13.1. The van der Waals surface area contributed by atoms with Crippen LogP contribution >= 0.6 is 27.5 Å². The van der Waals surface area contributed by atoms with Crippen molar-refractivity contribution in [3.8, 4) is 0 Å². The molecule has 8 heteroatoms. The van der Waals surface area contributed by atoms with Gasteiger partial charge in [-0.15, -0.1) is 0 Å². The summed E-state index contributed by atoms with van der Waals surface area (Å²) in [6.45, 7) is 1.84. The zero-order chi connectivity index (χ0) is 22.4. The Morgan fingerprint density at radius 1 is 0.968 bits per heavy atom. The SMILES string of the molecule is C[C@H](NC(=O)[C@@H](Cc1ccccc1)NS(=O)(=O)c1ccc(Br)cc1)c1ccc(Cl)cc1. The quantitative estimate of drug-likeness (QED) is 0.444. The first-order valence-corrected chi connectivity index (χ1v) is 12.3. The summed E-state index contributed by atoms with van der Waals surface area (Å²) in [4.78, 5) is 13.2. The molecule has 2 atom stereocenters. The van der Waals surface area contributed by atoms with Crippen molar-refractivity contribution >= 4 is 43.5 Å². The van der Waals surface area contributed by atoms with E-state index in [4.69, 9.17) is 11.6 Å². The maximum absolute atomic E-state index is 13.1. The second-order valence-corrected chi connectivity index (χ2v) is 10.2. The average molecular weight is 522 g/mol. The molecule has 1 amide bonds. The molecule has 0 fully saturated rings. The maximum Gasteiger partial charge on any atom is 0.241 e. The third kappa shape index (κ3) is 6.64. The predicted octanol–water partition coefficient (Wildman–Crippen LogP) is 4.87. The van der Waals surface area contributed by atoms with E-state index in [0.29, 0.717) is 5.02 Å². The summed E-state index contributed by atoms with van der Waals surface area (Å²) < 4.78 is 29.2. The zero-order valence-electron chi connectivity index (χ0n) is 16.8. The van der Waals surface area contributed by atoms with Crippen molar-refractivity contribution in [2.24, 2.45) is 0 Å². The molecular weight excluding hydrogens is 500 g/mol. The lowest BCUT2D eigenvalue weighted by molar-refractivity contribution is -0.123. The Hall–Kier alpha value is -2.19. The van der Waals surface area contributed by atoms with Crippen LogP contribution in [0.5, 0.6) is 0 Å². The number of sulfonamides is 1. The molecule has 3 aromatic carbocycles. The van der Waals surface area contributed by atoms with E-state index in [0.717, 1.165) is 15.6 Å². The molecule has 31 heavy (non-hydrogen) atoms. The van der Waals surface area contributed by atoms with Crippen LogP contribution in [0.3, 0.4) is 0 Å². The van der Waals surface area contributed by atoms with Gasteiger partial charge in [0.05, 0.1) is 10.9 Å². The number of benzene rings is 3. The average Bonchev–Trinajstić information content (AvgIpc) is 2.74. The summed E-state index contributed by atoms with van der Waals surface area (Å²) in [7, 11) is -3.90. The fraction of sp³-hybridized carbons (Fsp3) is 0.174. The molecule has 0 saturated heterocycles. The monoisotopic (exact) mass is 520 g/mol. The van der Waals surface area contributed by atoms with Crippen LogP contribution in [-0.2, 0) is 21.2 Å². The van der Waals surface area contributed by atoms with Gasteiger partial charge in [0.25, 0.3) is 0 Å². The largest absolute Gasteiger partial charge is 0.348 e. The molecule has 0 spiro atoms. The number of hydrogen-bond donors (Lipinski definition) is 2. The standard InChI is InChI=1S/C23H22BrClN2O3S/c1-16(18-7-11-20(25)12-8-18)26-23(28)22(15-17-5-3-2-4-6-17)27-31(29,30)21-13-9-19(24)10-14-21/h2-14,16,22,27H,15H2,1H3,(H,26,28)/t16-,22+/m0/s1. The smallest absolute Gasteiger partial charge is 0.241 e. The lowest BCUT2D eigenvalue weighted by Crippen LogP contribution is -2.48. The predicted molar refractivity (Wildman–Crippen MR) is 126 cm³/mol. The lowest BCUT2D eigenvalue weighted by Gasteiger charge is -2.22. The van der Waals surface area contributed by atoms with Gasteiger partial charge in [-0.1, -0.05) is 70.0 Å². The van der Waals surface area contributed by atoms with Crippen molar-refractivity contribution < 1.29 is 13.2 Å². The molecule has 3 rings (SSSR count). The summed E-state index contributed by atoms with van der Waals surface area (Å²) in [5.41, 5.74) is 1.72. The van der Waals surface area contributed by atoms with E-state index in [1.807, 2.05) is 49.4 Å². The Morgan fingerprint density at radius 3 is 2.19 bits per heavy atom. The van der Waals surface area contributed by atoms with Gasteiger partial charge in [0, 0.05) is 9.50 Å². The van der Waals surface area contributed by atoms with Gasteiger partial charge in [-0.05, 0) is 60.9 Å². The number of carbonyl (C=O) groups excluding carboxylic acids is 1. The van der Waals surface area contributed by atoms with Crippen LogP contribution in [0, 0.1) is 0 Å². The van der Waals surface area contributed by atoms with E-state index in [9.17, 15) is 13.2 Å². The summed E-state index contributed by atoms with van der Waals surface area (Å²) in [6.07, 6.45) is 0.218. The second-order valence-electron chi connectivity index (χ2n) is 7.10. The molecule has 0 unspecified atom stereocenters. The highest BCUT2D eigenvalue weighted by Gasteiger charge is 2.27. The van der Waals surface area contributed by atoms with Gasteiger partial charge >= 0.3 is 0 Å². The van der Waals surface area contributed by atoms with Crippen LogP contribution in [-0.4, -0.2) is 20.4 Å². The Bertz CT molecular complexity index is 1120. The van der Waals surface area contributed by atoms with Crippen LogP contribution in [0.25, 0.3) is 0 Å². The molecule has 2 N–H and O–H groups in total. The van der Waals surface area contributed by atoms with Gasteiger partial charge in [-0.3, -0.25) is 4.79 Å². The molecular formula is C23H22BrClN2O3S. The fourth-order valence-electron chi connectivity index (χ4n) is 3.06. The Morgan fingerprint density at radius 2 is 1.58 bits per heavy atom. The Kier molecular flexibility index (Phi) is 7.89. The fourth-order valence-corrected chi connectivity index (χ4v) is 4.64. The van der Waals surface area contributed by atoms with Gasteiger partial charge < -0.3 is 5.32 Å². The van der Waals surface area contributed by atoms with E-state index in [-0.39, 0.29) is 17.4 Å². The van der Waals surface area contributed by atoms with Crippen LogP contribution in [0.4, 0.5) is 0 Å². The number of hydrogen-bond acceptors (Lipinski definition) is 3. The molecule has 0 aliphatic rings. The van der Waals surface area contributed by atoms with E-state index in [1.165, 1.54) is 12.1 Å². The summed E-state index contributed by atoms with van der Waals surface area (Å²) in [5, 5.41) is 3.51. The zero-order valence-corrected chi connectivity index (χ0v) is 19.9. The molecule has 0 saturated carbocycles. The number of rotatable bonds is 8. The van der Waals surface area contributed by atoms with E-state index < -0.39 is 22.0 Å². The van der Waals surface area contributed by atoms with E-state index in [2.05, 4.69) is 26.0 Å². The van der Waals surface area contributed by atoms with Gasteiger partial charge in [0.15, 0.2) is 0 Å². The normalized spacial score (nSPS) is 13.4. The van der Waals surface area contributed by atoms with Crippen molar-refractivity contribution in [2.45, 2.75) is 30.3 Å². The summed E-state index contributed by atoms with van der Waals surface area (Å²) in [5.74, 6) is -0.410. The number of halogens is 2. The minimum atomic E-state index is -3.90. The molecule has 0 aromatic heterocycles. The molecule has 162 valence electrons. The van der Waals surface area contributed by atoms with Crippen LogP contribution in [0.15, 0.2) is 88.2 Å². The molecule has 5 nitrogen and oxygen atoms in total. The minimum absolute atomic E-state index is 0.0901. The van der Waals surface area contributed by atoms with Gasteiger partial charge in [0.2, 0.25) is 15.9 Å². The molecule has 0 aliphatic carbocycles. The Labute approximate surface area is 196 Å².